The first-order valence-electron chi connectivity index (χ1n) is 6.21. The van der Waals surface area contributed by atoms with Crippen LogP contribution in [-0.4, -0.2) is 29.5 Å². The van der Waals surface area contributed by atoms with Gasteiger partial charge in [-0.1, -0.05) is 30.3 Å². The molecule has 1 rings (SSSR count). The van der Waals surface area contributed by atoms with Gasteiger partial charge in [0.2, 0.25) is 0 Å². The molecule has 0 bridgehead atoms. The predicted molar refractivity (Wildman–Crippen MR) is 71.5 cm³/mol. The molecule has 2 N–H and O–H groups in total. The van der Waals surface area contributed by atoms with Crippen LogP contribution in [0.1, 0.15) is 26.3 Å². The lowest BCUT2D eigenvalue weighted by atomic mass is 10.1. The number of aliphatic hydroxyl groups excluding tert-OH is 1. The highest BCUT2D eigenvalue weighted by atomic mass is 16.8. The molecule has 0 unspecified atom stereocenters. The molecule has 0 saturated carbocycles. The van der Waals surface area contributed by atoms with Crippen LogP contribution in [-0.2, 0) is 16.0 Å². The van der Waals surface area contributed by atoms with Crippen LogP contribution in [0.2, 0.25) is 0 Å². The lowest BCUT2D eigenvalue weighted by molar-refractivity contribution is -0.0439. The lowest BCUT2D eigenvalue weighted by Gasteiger charge is -2.20. The number of carbonyl (C=O) groups is 1. The Kier molecular flexibility index (Phi) is 5.79. The predicted octanol–water partition coefficient (Wildman–Crippen LogP) is 2.05. The molecule has 0 saturated heterocycles. The third-order valence-electron chi connectivity index (χ3n) is 2.24. The smallest absolute Gasteiger partial charge is 0.427 e. The summed E-state index contributed by atoms with van der Waals surface area (Å²) in [6.07, 6.45) is -0.251. The van der Waals surface area contributed by atoms with E-state index in [0.29, 0.717) is 6.42 Å². The van der Waals surface area contributed by atoms with Gasteiger partial charge in [0, 0.05) is 0 Å². The lowest BCUT2D eigenvalue weighted by Crippen LogP contribution is -2.38. The molecular formula is C14H21NO4. The molecule has 0 amide bonds. The summed E-state index contributed by atoms with van der Waals surface area (Å²) in [5, 5.41) is 9.24. The van der Waals surface area contributed by atoms with Crippen molar-refractivity contribution in [3.63, 3.8) is 0 Å². The van der Waals surface area contributed by atoms with E-state index < -0.39 is 11.8 Å². The van der Waals surface area contributed by atoms with Crippen molar-refractivity contribution in [2.45, 2.75) is 38.8 Å². The number of aliphatic hydroxyl groups is 1. The molecule has 0 aliphatic heterocycles. The molecule has 0 aliphatic rings. The molecule has 0 aromatic heterocycles. The van der Waals surface area contributed by atoms with Gasteiger partial charge in [-0.05, 0) is 32.8 Å². The van der Waals surface area contributed by atoms with Gasteiger partial charge in [-0.15, -0.1) is 5.48 Å². The Morgan fingerprint density at radius 2 is 1.95 bits per heavy atom. The van der Waals surface area contributed by atoms with Crippen molar-refractivity contribution < 1.29 is 19.5 Å². The van der Waals surface area contributed by atoms with Crippen molar-refractivity contribution in [1.29, 1.82) is 0 Å². The first kappa shape index (κ1) is 15.5. The highest BCUT2D eigenvalue weighted by Gasteiger charge is 2.19. The summed E-state index contributed by atoms with van der Waals surface area (Å²) in [7, 11) is 0. The molecule has 0 spiro atoms. The zero-order chi connectivity index (χ0) is 14.3. The normalized spacial score (nSPS) is 12.8. The highest BCUT2D eigenvalue weighted by Crippen LogP contribution is 2.08. The molecule has 5 nitrogen and oxygen atoms in total. The first-order valence-corrected chi connectivity index (χ1v) is 6.21. The van der Waals surface area contributed by atoms with Gasteiger partial charge in [0.1, 0.15) is 5.60 Å². The summed E-state index contributed by atoms with van der Waals surface area (Å²) in [6.45, 7) is 5.11. The number of hydrogen-bond acceptors (Lipinski definition) is 5. The number of hydroxylamine groups is 1. The average Bonchev–Trinajstić information content (AvgIpc) is 2.33. The Morgan fingerprint density at radius 3 is 2.47 bits per heavy atom. The zero-order valence-electron chi connectivity index (χ0n) is 11.6. The SMILES string of the molecule is CC(C)(C)OC(=O)ON[C@H](CO)Cc1ccccc1. The minimum absolute atomic E-state index is 0.141. The topological polar surface area (TPSA) is 67.8 Å². The summed E-state index contributed by atoms with van der Waals surface area (Å²) in [6, 6.07) is 9.27. The zero-order valence-corrected chi connectivity index (χ0v) is 11.6. The molecule has 106 valence electrons. The number of rotatable bonds is 5. The molecule has 0 fully saturated rings. The second-order valence-corrected chi connectivity index (χ2v) is 5.25. The molecule has 1 aromatic rings. The van der Waals surface area contributed by atoms with E-state index in [1.165, 1.54) is 0 Å². The van der Waals surface area contributed by atoms with E-state index in [1.807, 2.05) is 30.3 Å². The van der Waals surface area contributed by atoms with E-state index in [-0.39, 0.29) is 12.6 Å². The van der Waals surface area contributed by atoms with E-state index in [2.05, 4.69) is 5.48 Å². The van der Waals surface area contributed by atoms with Gasteiger partial charge < -0.3 is 14.7 Å². The van der Waals surface area contributed by atoms with E-state index in [0.717, 1.165) is 5.56 Å². The summed E-state index contributed by atoms with van der Waals surface area (Å²) >= 11 is 0. The van der Waals surface area contributed by atoms with Crippen LogP contribution in [0.4, 0.5) is 4.79 Å². The van der Waals surface area contributed by atoms with Crippen molar-refractivity contribution in [3.05, 3.63) is 35.9 Å². The fourth-order valence-electron chi connectivity index (χ4n) is 1.44. The molecular weight excluding hydrogens is 246 g/mol. The molecule has 19 heavy (non-hydrogen) atoms. The largest absolute Gasteiger partial charge is 0.528 e. The standard InChI is InChI=1S/C14H21NO4/c1-14(2,3)18-13(17)19-15-12(10-16)9-11-7-5-4-6-8-11/h4-8,12,15-16H,9-10H2,1-3H3/t12-/m0/s1. The maximum atomic E-state index is 11.3. The number of nitrogens with one attached hydrogen (secondary N) is 1. The van der Waals surface area contributed by atoms with Crippen molar-refractivity contribution in [1.82, 2.24) is 5.48 Å². The molecule has 1 aromatic carbocycles. The molecule has 0 aliphatic carbocycles. The van der Waals surface area contributed by atoms with Crippen LogP contribution in [0.3, 0.4) is 0 Å². The van der Waals surface area contributed by atoms with E-state index in [1.54, 1.807) is 20.8 Å². The minimum atomic E-state index is -0.806. The van der Waals surface area contributed by atoms with Crippen LogP contribution in [0.25, 0.3) is 0 Å². The second-order valence-electron chi connectivity index (χ2n) is 5.25. The second kappa shape index (κ2) is 7.11. The van der Waals surface area contributed by atoms with Crippen molar-refractivity contribution in [2.24, 2.45) is 0 Å². The molecule has 5 heteroatoms. The average molecular weight is 267 g/mol. The number of hydrogen-bond donors (Lipinski definition) is 2. The van der Waals surface area contributed by atoms with E-state index in [9.17, 15) is 9.90 Å². The maximum absolute atomic E-state index is 11.3. The molecule has 1 atom stereocenters. The Hall–Kier alpha value is -1.59. The van der Waals surface area contributed by atoms with E-state index >= 15 is 0 Å². The minimum Gasteiger partial charge on any atom is -0.427 e. The highest BCUT2D eigenvalue weighted by molar-refractivity contribution is 5.60. The van der Waals surface area contributed by atoms with E-state index in [4.69, 9.17) is 9.57 Å². The molecule has 0 heterocycles. The van der Waals surface area contributed by atoms with Crippen molar-refractivity contribution >= 4 is 6.16 Å². The fourth-order valence-corrected chi connectivity index (χ4v) is 1.44. The fraction of sp³-hybridized carbons (Fsp3) is 0.500. The number of ether oxygens (including phenoxy) is 1. The van der Waals surface area contributed by atoms with Crippen LogP contribution >= 0.6 is 0 Å². The number of benzene rings is 1. The van der Waals surface area contributed by atoms with Gasteiger partial charge >= 0.3 is 6.16 Å². The van der Waals surface area contributed by atoms with Crippen LogP contribution in [0, 0.1) is 0 Å². The molecule has 0 radical (unpaired) electrons. The van der Waals surface area contributed by atoms with Crippen LogP contribution in [0.5, 0.6) is 0 Å². The number of carbonyl (C=O) groups excluding carboxylic acids is 1. The van der Waals surface area contributed by atoms with Gasteiger partial charge in [-0.3, -0.25) is 0 Å². The summed E-state index contributed by atoms with van der Waals surface area (Å²) < 4.78 is 4.98. The van der Waals surface area contributed by atoms with Gasteiger partial charge in [-0.2, -0.15) is 0 Å². The first-order chi connectivity index (χ1) is 8.90. The van der Waals surface area contributed by atoms with Crippen molar-refractivity contribution in [3.8, 4) is 0 Å². The quantitative estimate of drug-likeness (QED) is 0.631. The van der Waals surface area contributed by atoms with Crippen LogP contribution in [0.15, 0.2) is 30.3 Å². The Morgan fingerprint density at radius 1 is 1.32 bits per heavy atom. The van der Waals surface area contributed by atoms with Gasteiger partial charge in [0.05, 0.1) is 12.6 Å². The van der Waals surface area contributed by atoms with Gasteiger partial charge in [0.15, 0.2) is 0 Å². The monoisotopic (exact) mass is 267 g/mol. The van der Waals surface area contributed by atoms with Gasteiger partial charge in [-0.25, -0.2) is 4.79 Å². The summed E-state index contributed by atoms with van der Waals surface area (Å²) in [4.78, 5) is 16.1. The third kappa shape index (κ3) is 6.79. The Bertz CT molecular complexity index is 386. The third-order valence-corrected chi connectivity index (χ3v) is 2.24. The summed E-state index contributed by atoms with van der Waals surface area (Å²) in [5.41, 5.74) is 2.95. The van der Waals surface area contributed by atoms with Crippen molar-refractivity contribution in [2.75, 3.05) is 6.61 Å². The summed E-state index contributed by atoms with van der Waals surface area (Å²) in [5.74, 6) is 0. The maximum Gasteiger partial charge on any atom is 0.528 e. The van der Waals surface area contributed by atoms with Gasteiger partial charge in [0.25, 0.3) is 0 Å². The Labute approximate surface area is 113 Å². The Balaban J connectivity index is 2.39. The van der Waals surface area contributed by atoms with Crippen LogP contribution < -0.4 is 5.48 Å².